The van der Waals surface area contributed by atoms with Crippen molar-refractivity contribution in [2.75, 3.05) is 13.1 Å². The number of carbonyl (C=O) groups excluding carboxylic acids is 2. The van der Waals surface area contributed by atoms with Gasteiger partial charge in [-0.25, -0.2) is 4.79 Å². The molecule has 1 spiro atoms. The zero-order chi connectivity index (χ0) is 16.7. The Morgan fingerprint density at radius 2 is 1.83 bits per heavy atom. The van der Waals surface area contributed by atoms with Crippen LogP contribution in [0.1, 0.15) is 39.2 Å². The smallest absolute Gasteiger partial charge is 0.411 e. The highest BCUT2D eigenvalue weighted by molar-refractivity contribution is 5.93. The lowest BCUT2D eigenvalue weighted by Crippen LogP contribution is -2.66. The van der Waals surface area contributed by atoms with E-state index in [4.69, 9.17) is 4.74 Å². The lowest BCUT2D eigenvalue weighted by atomic mass is 9.83. The first kappa shape index (κ1) is 15.8. The van der Waals surface area contributed by atoms with Gasteiger partial charge in [0.25, 0.3) is 0 Å². The van der Waals surface area contributed by atoms with Crippen molar-refractivity contribution in [3.63, 3.8) is 0 Å². The van der Waals surface area contributed by atoms with Gasteiger partial charge in [0.15, 0.2) is 0 Å². The van der Waals surface area contributed by atoms with Crippen LogP contribution in [0.25, 0.3) is 0 Å². The van der Waals surface area contributed by atoms with E-state index >= 15 is 0 Å². The number of likely N-dealkylation sites (tertiary alicyclic amines) is 2. The highest BCUT2D eigenvalue weighted by Gasteiger charge is 2.58. The molecule has 2 amide bonds. The lowest BCUT2D eigenvalue weighted by molar-refractivity contribution is -0.145. The molecular formula is C18H24N2O3. The van der Waals surface area contributed by atoms with Crippen molar-refractivity contribution in [2.24, 2.45) is 0 Å². The summed E-state index contributed by atoms with van der Waals surface area (Å²) in [5.41, 5.74) is -0.0999. The van der Waals surface area contributed by atoms with Crippen LogP contribution in [0.5, 0.6) is 0 Å². The molecule has 1 aromatic carbocycles. The summed E-state index contributed by atoms with van der Waals surface area (Å²) in [6.45, 7) is 7.41. The maximum atomic E-state index is 12.9. The fraction of sp³-hybridized carbons (Fsp3) is 0.556. The van der Waals surface area contributed by atoms with Gasteiger partial charge in [-0.15, -0.1) is 0 Å². The molecule has 2 heterocycles. The summed E-state index contributed by atoms with van der Waals surface area (Å²) in [5.74, 6) is 0.0541. The molecule has 2 saturated heterocycles. The molecule has 1 aromatic rings. The number of nitrogens with zero attached hydrogens (tertiary/aromatic N) is 2. The van der Waals surface area contributed by atoms with Gasteiger partial charge in [0, 0.05) is 19.6 Å². The minimum absolute atomic E-state index is 0.0541. The first-order valence-corrected chi connectivity index (χ1v) is 8.16. The standard InChI is InChI=1S/C18H24N2O3/c1-17(2,3)23-16(22)20-12-10-18(20)9-11-19(15(18)21)13-14-7-5-4-6-8-14/h4-8H,9-13H2,1-3H3/t18-/m1/s1. The first-order valence-electron chi connectivity index (χ1n) is 8.16. The Hall–Kier alpha value is -2.04. The third-order valence-electron chi connectivity index (χ3n) is 4.58. The molecule has 5 nitrogen and oxygen atoms in total. The molecule has 124 valence electrons. The second-order valence-electron chi connectivity index (χ2n) is 7.38. The van der Waals surface area contributed by atoms with Crippen LogP contribution in [0.15, 0.2) is 30.3 Å². The van der Waals surface area contributed by atoms with Gasteiger partial charge in [-0.2, -0.15) is 0 Å². The van der Waals surface area contributed by atoms with Crippen LogP contribution in [0.4, 0.5) is 4.79 Å². The summed E-state index contributed by atoms with van der Waals surface area (Å²) in [6.07, 6.45) is 1.05. The molecule has 1 atom stereocenters. The third-order valence-corrected chi connectivity index (χ3v) is 4.58. The van der Waals surface area contributed by atoms with Gasteiger partial charge in [-0.1, -0.05) is 30.3 Å². The fourth-order valence-electron chi connectivity index (χ4n) is 3.34. The van der Waals surface area contributed by atoms with Crippen LogP contribution in [0, 0.1) is 0 Å². The van der Waals surface area contributed by atoms with Gasteiger partial charge in [0.2, 0.25) is 5.91 Å². The van der Waals surface area contributed by atoms with E-state index in [-0.39, 0.29) is 12.0 Å². The van der Waals surface area contributed by atoms with Crippen molar-refractivity contribution in [3.05, 3.63) is 35.9 Å². The van der Waals surface area contributed by atoms with Crippen molar-refractivity contribution in [3.8, 4) is 0 Å². The maximum Gasteiger partial charge on any atom is 0.411 e. The van der Waals surface area contributed by atoms with Crippen LogP contribution >= 0.6 is 0 Å². The minimum atomic E-state index is -0.670. The summed E-state index contributed by atoms with van der Waals surface area (Å²) in [5, 5.41) is 0. The van der Waals surface area contributed by atoms with Crippen molar-refractivity contribution in [2.45, 2.75) is 51.3 Å². The number of carbonyl (C=O) groups is 2. The van der Waals surface area contributed by atoms with E-state index in [0.29, 0.717) is 26.1 Å². The van der Waals surface area contributed by atoms with E-state index in [9.17, 15) is 9.59 Å². The Labute approximate surface area is 137 Å². The molecule has 0 bridgehead atoms. The lowest BCUT2D eigenvalue weighted by Gasteiger charge is -2.48. The Morgan fingerprint density at radius 3 is 2.39 bits per heavy atom. The maximum absolute atomic E-state index is 12.9. The predicted octanol–water partition coefficient (Wildman–Crippen LogP) is 2.80. The summed E-state index contributed by atoms with van der Waals surface area (Å²) in [7, 11) is 0. The normalized spacial score (nSPS) is 24.0. The van der Waals surface area contributed by atoms with E-state index in [0.717, 1.165) is 12.0 Å². The predicted molar refractivity (Wildman–Crippen MR) is 86.8 cm³/mol. The molecular weight excluding hydrogens is 292 g/mol. The van der Waals surface area contributed by atoms with Gasteiger partial charge in [0.1, 0.15) is 11.1 Å². The first-order chi connectivity index (χ1) is 10.8. The summed E-state index contributed by atoms with van der Waals surface area (Å²) in [6, 6.07) is 9.95. The Morgan fingerprint density at radius 1 is 1.17 bits per heavy atom. The van der Waals surface area contributed by atoms with Crippen LogP contribution in [-0.2, 0) is 16.1 Å². The Balaban J connectivity index is 1.69. The molecule has 0 radical (unpaired) electrons. The molecule has 2 aliphatic heterocycles. The molecule has 0 N–H and O–H groups in total. The minimum Gasteiger partial charge on any atom is -0.444 e. The molecule has 3 rings (SSSR count). The number of benzene rings is 1. The largest absolute Gasteiger partial charge is 0.444 e. The highest BCUT2D eigenvalue weighted by Crippen LogP contribution is 2.41. The molecule has 0 aliphatic carbocycles. The topological polar surface area (TPSA) is 49.9 Å². The number of amides is 2. The second kappa shape index (κ2) is 5.55. The molecule has 0 saturated carbocycles. The van der Waals surface area contributed by atoms with E-state index < -0.39 is 11.1 Å². The van der Waals surface area contributed by atoms with E-state index in [1.54, 1.807) is 4.90 Å². The van der Waals surface area contributed by atoms with E-state index in [1.807, 2.05) is 56.0 Å². The van der Waals surface area contributed by atoms with Gasteiger partial charge < -0.3 is 9.64 Å². The molecule has 0 aromatic heterocycles. The van der Waals surface area contributed by atoms with Crippen LogP contribution in [0.2, 0.25) is 0 Å². The molecule has 0 unspecified atom stereocenters. The van der Waals surface area contributed by atoms with Crippen molar-refractivity contribution in [1.29, 1.82) is 0 Å². The fourth-order valence-corrected chi connectivity index (χ4v) is 3.34. The average molecular weight is 316 g/mol. The van der Waals surface area contributed by atoms with Gasteiger partial charge in [0.05, 0.1) is 0 Å². The zero-order valence-corrected chi connectivity index (χ0v) is 14.0. The highest BCUT2D eigenvalue weighted by atomic mass is 16.6. The summed E-state index contributed by atoms with van der Waals surface area (Å²) >= 11 is 0. The van der Waals surface area contributed by atoms with E-state index in [2.05, 4.69) is 0 Å². The summed E-state index contributed by atoms with van der Waals surface area (Å²) < 4.78 is 5.45. The van der Waals surface area contributed by atoms with Crippen LogP contribution in [0.3, 0.4) is 0 Å². The number of rotatable bonds is 2. The summed E-state index contributed by atoms with van der Waals surface area (Å²) in [4.78, 5) is 28.7. The van der Waals surface area contributed by atoms with E-state index in [1.165, 1.54) is 0 Å². The van der Waals surface area contributed by atoms with Crippen molar-refractivity contribution >= 4 is 12.0 Å². The monoisotopic (exact) mass is 316 g/mol. The van der Waals surface area contributed by atoms with Crippen molar-refractivity contribution < 1.29 is 14.3 Å². The van der Waals surface area contributed by atoms with Gasteiger partial charge in [-0.05, 0) is 39.2 Å². The van der Waals surface area contributed by atoms with Crippen molar-refractivity contribution in [1.82, 2.24) is 9.80 Å². The molecule has 5 heteroatoms. The number of hydrogen-bond acceptors (Lipinski definition) is 3. The third kappa shape index (κ3) is 2.92. The molecule has 2 fully saturated rings. The van der Waals surface area contributed by atoms with Gasteiger partial charge >= 0.3 is 6.09 Å². The Bertz CT molecular complexity index is 608. The SMILES string of the molecule is CC(C)(C)OC(=O)N1CC[C@@]12CCN(Cc1ccccc1)C2=O. The number of hydrogen-bond donors (Lipinski definition) is 0. The number of ether oxygens (including phenoxy) is 1. The molecule has 23 heavy (non-hydrogen) atoms. The average Bonchev–Trinajstić information content (AvgIpc) is 2.76. The zero-order valence-electron chi connectivity index (χ0n) is 14.0. The van der Waals surface area contributed by atoms with Crippen LogP contribution in [-0.4, -0.2) is 46.0 Å². The quantitative estimate of drug-likeness (QED) is 0.843. The van der Waals surface area contributed by atoms with Gasteiger partial charge in [-0.3, -0.25) is 9.69 Å². The second-order valence-corrected chi connectivity index (χ2v) is 7.38. The van der Waals surface area contributed by atoms with Crippen LogP contribution < -0.4 is 0 Å². The Kier molecular flexibility index (Phi) is 3.82. The molecule has 2 aliphatic rings.